The molecule has 0 aliphatic rings. The zero-order valence-electron chi connectivity index (χ0n) is 6.53. The zero-order valence-corrected chi connectivity index (χ0v) is 7.63. The molecule has 0 aromatic heterocycles. The van der Waals surface area contributed by atoms with Crippen molar-refractivity contribution >= 4 is 25.7 Å². The zero-order chi connectivity index (χ0) is 10.4. The minimum absolute atomic E-state index is 0.0626. The van der Waals surface area contributed by atoms with E-state index in [0.717, 1.165) is 4.92 Å². The van der Waals surface area contributed by atoms with Crippen molar-refractivity contribution < 1.29 is 30.5 Å². The SMILES string of the molecule is N#CC[CH]=[Fe]([CH]=O)([CH]=O)([CH]=O)[CH]=O. The average Bonchev–Trinajstić information content (AvgIpc) is 2.23. The molecule has 0 amide bonds. The van der Waals surface area contributed by atoms with Crippen LogP contribution in [0.25, 0.3) is 0 Å². The fraction of sp³-hybridized carbons (Fsp3) is 0.143. The molecular weight excluding hydrogens is 218 g/mol. The molecule has 0 saturated carbocycles. The number of nitrogens with zero attached hydrogens (tertiary/aromatic N) is 1. The van der Waals surface area contributed by atoms with Crippen molar-refractivity contribution in [3.05, 3.63) is 0 Å². The molecule has 0 aromatic carbocycles. The Morgan fingerprint density at radius 2 is 1.38 bits per heavy atom. The second-order valence-electron chi connectivity index (χ2n) is 2.02. The van der Waals surface area contributed by atoms with Crippen molar-refractivity contribution in [1.82, 2.24) is 0 Å². The first-order valence-corrected chi connectivity index (χ1v) is 6.14. The molecule has 0 aromatic rings. The van der Waals surface area contributed by atoms with Crippen LogP contribution >= 0.6 is 0 Å². The molecule has 72 valence electrons. The monoisotopic (exact) mass is 225 g/mol. The topological polar surface area (TPSA) is 92.1 Å². The van der Waals surface area contributed by atoms with Gasteiger partial charge in [-0.3, -0.25) is 0 Å². The molecule has 13 heavy (non-hydrogen) atoms. The van der Waals surface area contributed by atoms with Gasteiger partial charge in [0.1, 0.15) is 0 Å². The van der Waals surface area contributed by atoms with Crippen LogP contribution < -0.4 is 0 Å². The van der Waals surface area contributed by atoms with Gasteiger partial charge in [0, 0.05) is 0 Å². The third-order valence-corrected chi connectivity index (χ3v) is 4.94. The maximum atomic E-state index is 10.6. The number of carbonyl (C=O) groups is 4. The molecule has 0 spiro atoms. The molecule has 0 radical (unpaired) electrons. The minimum atomic E-state index is -4.43. The van der Waals surface area contributed by atoms with Crippen LogP contribution in [-0.2, 0) is 30.5 Å². The first kappa shape index (κ1) is 11.6. The third kappa shape index (κ3) is 1.83. The molecule has 0 fully saturated rings. The van der Waals surface area contributed by atoms with Crippen molar-refractivity contribution in [2.75, 3.05) is 0 Å². The summed E-state index contributed by atoms with van der Waals surface area (Å²) in [5, 5.41) is 8.45. The number of hydrogen-bond donors (Lipinski definition) is 0. The number of carbonyl (C=O) groups excluding carboxylic acids is 4. The summed E-state index contributed by atoms with van der Waals surface area (Å²) in [6.45, 7) is 0. The Balaban J connectivity index is 5.78. The summed E-state index contributed by atoms with van der Waals surface area (Å²) >= 11 is -4.43. The van der Waals surface area contributed by atoms with Crippen LogP contribution in [0.15, 0.2) is 0 Å². The van der Waals surface area contributed by atoms with Crippen molar-refractivity contribution in [3.8, 4) is 6.07 Å². The average molecular weight is 225 g/mol. The number of hydrogen-bond acceptors (Lipinski definition) is 5. The summed E-state index contributed by atoms with van der Waals surface area (Å²) in [6.07, 6.45) is -0.280. The fourth-order valence-corrected chi connectivity index (χ4v) is 1.87. The molecule has 0 aliphatic heterocycles. The van der Waals surface area contributed by atoms with Crippen molar-refractivity contribution in [1.29, 1.82) is 5.26 Å². The van der Waals surface area contributed by atoms with E-state index in [1.807, 2.05) is 0 Å². The standard InChI is InChI=1S/C3H3N.4CHO.Fe/c1-2-3-4;4*1-2;/h1H,2H2;4*1H;. The summed E-state index contributed by atoms with van der Waals surface area (Å²) in [4.78, 5) is 43.2. The molecule has 5 nitrogen and oxygen atoms in total. The van der Waals surface area contributed by atoms with Crippen LogP contribution in [0, 0.1) is 11.3 Å². The van der Waals surface area contributed by atoms with Crippen LogP contribution in [0.1, 0.15) is 6.42 Å². The normalized spacial score (nSPS) is 12.7. The van der Waals surface area contributed by atoms with Gasteiger partial charge in [-0.15, -0.1) is 0 Å². The Hall–Kier alpha value is -1.44. The maximum absolute atomic E-state index is 10.6. The van der Waals surface area contributed by atoms with E-state index in [1.54, 1.807) is 6.07 Å². The second-order valence-corrected chi connectivity index (χ2v) is 7.19. The molecule has 0 rings (SSSR count). The Morgan fingerprint density at radius 1 is 1.00 bits per heavy atom. The molecule has 6 heteroatoms. The number of rotatable bonds is 5. The summed E-state index contributed by atoms with van der Waals surface area (Å²) < 4.78 is 0. The predicted octanol–water partition coefficient (Wildman–Crippen LogP) is -0.847. The van der Waals surface area contributed by atoms with Gasteiger partial charge in [0.15, 0.2) is 0 Å². The Kier molecular flexibility index (Phi) is 3.54. The van der Waals surface area contributed by atoms with Gasteiger partial charge in [0.25, 0.3) is 0 Å². The van der Waals surface area contributed by atoms with E-state index in [4.69, 9.17) is 5.26 Å². The van der Waals surface area contributed by atoms with E-state index in [9.17, 15) is 19.2 Å². The first-order valence-electron chi connectivity index (χ1n) is 2.95. The quantitative estimate of drug-likeness (QED) is 0.448. The summed E-state index contributed by atoms with van der Waals surface area (Å²) in [6, 6.07) is 1.63. The van der Waals surface area contributed by atoms with Crippen molar-refractivity contribution in [3.63, 3.8) is 0 Å². The molecular formula is C7H7FeNO4. The van der Waals surface area contributed by atoms with Crippen molar-refractivity contribution in [2.45, 2.75) is 6.42 Å². The summed E-state index contributed by atoms with van der Waals surface area (Å²) in [7, 11) is 0. The van der Waals surface area contributed by atoms with Gasteiger partial charge in [0.2, 0.25) is 0 Å². The molecule has 0 atom stereocenters. The van der Waals surface area contributed by atoms with Gasteiger partial charge in [-0.05, 0) is 0 Å². The van der Waals surface area contributed by atoms with Crippen LogP contribution in [0.3, 0.4) is 0 Å². The van der Waals surface area contributed by atoms with Gasteiger partial charge in [-0.25, -0.2) is 0 Å². The number of nitriles is 1. The Labute approximate surface area is 74.4 Å². The molecule has 0 saturated heterocycles. The first-order chi connectivity index (χ1) is 6.12. The van der Waals surface area contributed by atoms with Gasteiger partial charge in [-0.2, -0.15) is 0 Å². The second kappa shape index (κ2) is 3.99. The third-order valence-electron chi connectivity index (χ3n) is 1.27. The molecule has 0 N–H and O–H groups in total. The van der Waals surface area contributed by atoms with Crippen LogP contribution in [0.5, 0.6) is 0 Å². The van der Waals surface area contributed by atoms with Crippen molar-refractivity contribution in [2.24, 2.45) is 0 Å². The molecule has 0 unspecified atom stereocenters. The van der Waals surface area contributed by atoms with Gasteiger partial charge >= 0.3 is 73.9 Å². The Morgan fingerprint density at radius 3 is 1.62 bits per heavy atom. The van der Waals surface area contributed by atoms with Crippen LogP contribution in [-0.4, -0.2) is 25.7 Å². The van der Waals surface area contributed by atoms with E-state index in [1.165, 1.54) is 0 Å². The van der Waals surface area contributed by atoms with E-state index in [0.29, 0.717) is 0 Å². The van der Waals surface area contributed by atoms with Gasteiger partial charge < -0.3 is 0 Å². The van der Waals surface area contributed by atoms with Gasteiger partial charge in [0.05, 0.1) is 0 Å². The van der Waals surface area contributed by atoms with E-state index >= 15 is 0 Å². The summed E-state index contributed by atoms with van der Waals surface area (Å²) in [5.74, 6) is 0. The Bertz CT molecular complexity index is 310. The fourth-order valence-electron chi connectivity index (χ4n) is 0.453. The van der Waals surface area contributed by atoms with E-state index < -0.39 is 11.4 Å². The predicted molar refractivity (Wildman–Crippen MR) is 43.3 cm³/mol. The van der Waals surface area contributed by atoms with E-state index in [-0.39, 0.29) is 27.2 Å². The van der Waals surface area contributed by atoms with Crippen LogP contribution in [0.2, 0.25) is 0 Å². The van der Waals surface area contributed by atoms with Gasteiger partial charge in [-0.1, -0.05) is 0 Å². The molecule has 0 bridgehead atoms. The van der Waals surface area contributed by atoms with E-state index in [2.05, 4.69) is 0 Å². The molecule has 0 heterocycles. The summed E-state index contributed by atoms with van der Waals surface area (Å²) in [5.41, 5.74) is 0. The van der Waals surface area contributed by atoms with Crippen LogP contribution in [0.4, 0.5) is 0 Å². The molecule has 0 aliphatic carbocycles.